The van der Waals surface area contributed by atoms with E-state index in [1.807, 2.05) is 32.9 Å². The van der Waals surface area contributed by atoms with E-state index in [-0.39, 0.29) is 58.3 Å². The summed E-state index contributed by atoms with van der Waals surface area (Å²) in [6, 6.07) is 5.45. The van der Waals surface area contributed by atoms with Gasteiger partial charge in [0, 0.05) is 17.9 Å². The van der Waals surface area contributed by atoms with Crippen LogP contribution in [0.2, 0.25) is 0 Å². The van der Waals surface area contributed by atoms with Gasteiger partial charge < -0.3 is 50.7 Å². The summed E-state index contributed by atoms with van der Waals surface area (Å²) in [5, 5.41) is 8.21. The van der Waals surface area contributed by atoms with Crippen LogP contribution >= 0.6 is 28.7 Å². The number of fused-ring (bicyclic) bond motifs is 2. The molecule has 0 spiro atoms. The molecule has 4 aromatic heterocycles. The average molecular weight is 1020 g/mol. The van der Waals surface area contributed by atoms with Gasteiger partial charge in [0.1, 0.15) is 68.4 Å². The standard InChI is InChI=1S/C40H50BF2N13O10P2S/c1-5-6-25(57)54-28(19(2)3)38(59)52-20(4)37(58)53-22-9-7-21(8-10-22)13-69-18-61-11-23-32(27(43)40(63-23)56-17-51-30-34(45)47-15-49-36(30)56)66-68(41)62-12-24-31(65-67-60)26(42)39(64-24)55-16-50-29-33(44)46-14-48-35(29)55/h7-10,14-17,19-20,23-24,26-28,31-32,39-40H,5-6,11-13,18H2,1-4H3,(H,52,59)(H,53,58)(H,54,57)(H2,44,46,48)(H2,45,47,49)/t20-,23+,24+,26+,27+,28?,31+,32+,39+,40+,68-/m0/s1. The van der Waals surface area contributed by atoms with Crippen molar-refractivity contribution in [1.29, 1.82) is 0 Å². The van der Waals surface area contributed by atoms with Crippen molar-refractivity contribution in [3.63, 3.8) is 0 Å². The van der Waals surface area contributed by atoms with Crippen molar-refractivity contribution < 1.29 is 55.5 Å². The zero-order valence-electron chi connectivity index (χ0n) is 37.7. The molecule has 7 rings (SSSR count). The molecule has 29 heteroatoms. The number of anilines is 3. The lowest BCUT2D eigenvalue weighted by Gasteiger charge is -2.25. The van der Waals surface area contributed by atoms with E-state index in [2.05, 4.69) is 45.9 Å². The number of hydrogen-bond acceptors (Lipinski definition) is 19. The number of nitrogen functional groups attached to an aromatic ring is 2. The van der Waals surface area contributed by atoms with Crippen LogP contribution in [0, 0.1) is 5.92 Å². The van der Waals surface area contributed by atoms with Crippen molar-refractivity contribution in [2.45, 2.75) is 108 Å². The Hall–Kier alpha value is -5.11. The molecule has 2 fully saturated rings. The van der Waals surface area contributed by atoms with Gasteiger partial charge in [0.15, 0.2) is 55.3 Å². The second-order valence-corrected chi connectivity index (χ2v) is 18.6. The van der Waals surface area contributed by atoms with Gasteiger partial charge in [-0.05, 0) is 37.0 Å². The maximum Gasteiger partial charge on any atom is 0.327 e. The Morgan fingerprint density at radius 3 is 2.04 bits per heavy atom. The number of halogens is 2. The zero-order chi connectivity index (χ0) is 49.4. The number of carbonyl (C=O) groups excluding carboxylic acids is 3. The van der Waals surface area contributed by atoms with Gasteiger partial charge in [0.2, 0.25) is 17.7 Å². The van der Waals surface area contributed by atoms with Crippen LogP contribution in [-0.2, 0) is 52.5 Å². The maximum atomic E-state index is 16.6. The van der Waals surface area contributed by atoms with Crippen LogP contribution in [0.3, 0.4) is 0 Å². The van der Waals surface area contributed by atoms with E-state index in [1.165, 1.54) is 46.2 Å². The molecule has 6 heterocycles. The molecular weight excluding hydrogens is 965 g/mol. The number of hydrogen-bond donors (Lipinski definition) is 5. The van der Waals surface area contributed by atoms with E-state index in [4.69, 9.17) is 46.8 Å². The number of nitrogens with two attached hydrogens (primary N) is 2. The van der Waals surface area contributed by atoms with E-state index in [0.717, 1.165) is 5.56 Å². The number of rotatable bonds is 23. The molecule has 0 bridgehead atoms. The van der Waals surface area contributed by atoms with E-state index >= 15 is 8.78 Å². The summed E-state index contributed by atoms with van der Waals surface area (Å²) in [5.41, 5.74) is 14.2. The molecule has 1 aromatic carbocycles. The Kier molecular flexibility index (Phi) is 17.7. The predicted octanol–water partition coefficient (Wildman–Crippen LogP) is 3.98. The third-order valence-electron chi connectivity index (χ3n) is 11.0. The minimum absolute atomic E-state index is 0.0747. The fraction of sp³-hybridized carbons (Fsp3) is 0.525. The summed E-state index contributed by atoms with van der Waals surface area (Å²) in [4.78, 5) is 62.6. The average Bonchev–Trinajstić information content (AvgIpc) is 4.10. The molecule has 0 saturated carbocycles. The first-order chi connectivity index (χ1) is 33.2. The lowest BCUT2D eigenvalue weighted by atomic mass is 10.0. The van der Waals surface area contributed by atoms with Crippen molar-refractivity contribution >= 4 is 93.6 Å². The number of alkyl halides is 2. The summed E-state index contributed by atoms with van der Waals surface area (Å²) in [5.74, 6) is -0.482. The molecule has 2 aliphatic rings. The number of thioether (sulfide) groups is 1. The number of nitrogens with one attached hydrogen (secondary N) is 3. The number of aromatic nitrogens is 8. The summed E-state index contributed by atoms with van der Waals surface area (Å²) in [7, 11) is 3.09. The molecule has 11 atom stereocenters. The van der Waals surface area contributed by atoms with E-state index in [9.17, 15) is 18.9 Å². The summed E-state index contributed by atoms with van der Waals surface area (Å²) < 4.78 is 81.5. The van der Waals surface area contributed by atoms with Gasteiger partial charge in [-0.3, -0.25) is 28.0 Å². The number of amides is 3. The van der Waals surface area contributed by atoms with Crippen LogP contribution < -0.4 is 27.4 Å². The Labute approximate surface area is 402 Å². The van der Waals surface area contributed by atoms with Crippen LogP contribution in [0.15, 0.2) is 49.6 Å². The highest BCUT2D eigenvalue weighted by Gasteiger charge is 2.50. The largest absolute Gasteiger partial charge is 0.382 e. The summed E-state index contributed by atoms with van der Waals surface area (Å²) in [6.45, 7) is 6.49. The molecule has 69 heavy (non-hydrogen) atoms. The predicted molar refractivity (Wildman–Crippen MR) is 250 cm³/mol. The van der Waals surface area contributed by atoms with Gasteiger partial charge in [-0.25, -0.2) is 43.2 Å². The SMILES string of the molecule is [B][P@@](OC[C@H]1O[C@@H](n2cnc3c(N)ncnc32)[C@H](F)[C@@H]1OP=O)O[C@H]1[C@@H](F)[C@H](n2cnc3c(N)ncnc32)O[C@@H]1COCSCc1ccc(NC(=O)[C@H](C)NC(=O)C(NC(=O)CCC)C(C)C)cc1. The minimum Gasteiger partial charge on any atom is -0.382 e. The van der Waals surface area contributed by atoms with Crippen LogP contribution in [0.4, 0.5) is 26.1 Å². The molecule has 2 saturated heterocycles. The Balaban J connectivity index is 0.928. The summed E-state index contributed by atoms with van der Waals surface area (Å²) >= 11 is 1.41. The van der Waals surface area contributed by atoms with Gasteiger partial charge in [-0.15, -0.1) is 11.8 Å². The maximum absolute atomic E-state index is 16.6. The second-order valence-electron chi connectivity index (χ2n) is 16.3. The monoisotopic (exact) mass is 1020 g/mol. The number of ether oxygens (including phenoxy) is 3. The van der Waals surface area contributed by atoms with Gasteiger partial charge in [-0.1, -0.05) is 32.9 Å². The van der Waals surface area contributed by atoms with Crippen molar-refractivity contribution in [3.8, 4) is 0 Å². The molecule has 368 valence electrons. The highest BCUT2D eigenvalue weighted by Crippen LogP contribution is 2.45. The molecular formula is C40H50BF2N13O10P2S. The minimum atomic E-state index is -2.39. The Bertz CT molecular complexity index is 2580. The first-order valence-electron chi connectivity index (χ1n) is 21.6. The quantitative estimate of drug-likeness (QED) is 0.0267. The molecule has 2 radical (unpaired) electrons. The molecule has 0 aliphatic carbocycles. The van der Waals surface area contributed by atoms with Crippen LogP contribution in [0.1, 0.15) is 58.6 Å². The molecule has 1 unspecified atom stereocenters. The highest BCUT2D eigenvalue weighted by molar-refractivity contribution is 7.98. The molecule has 5 aromatic rings. The Morgan fingerprint density at radius 2 is 1.46 bits per heavy atom. The number of imidazole rings is 2. The van der Waals surface area contributed by atoms with Crippen LogP contribution in [0.5, 0.6) is 0 Å². The summed E-state index contributed by atoms with van der Waals surface area (Å²) in [6.07, 6.45) is -5.40. The first kappa shape index (κ1) is 51.7. The third kappa shape index (κ3) is 12.3. The van der Waals surface area contributed by atoms with Crippen molar-refractivity contribution in [3.05, 3.63) is 55.1 Å². The zero-order valence-corrected chi connectivity index (χ0v) is 40.3. The number of nitrogens with zero attached hydrogens (tertiary/aromatic N) is 8. The fourth-order valence-corrected chi connectivity index (χ4v) is 9.43. The van der Waals surface area contributed by atoms with E-state index in [0.29, 0.717) is 24.3 Å². The topological polar surface area (TPSA) is 299 Å². The first-order valence-corrected chi connectivity index (χ1v) is 24.7. The van der Waals surface area contributed by atoms with Gasteiger partial charge in [0.25, 0.3) is 0 Å². The second kappa shape index (κ2) is 23.7. The normalized spacial score (nSPS) is 23.9. The van der Waals surface area contributed by atoms with Gasteiger partial charge >= 0.3 is 8.69 Å². The number of benzene rings is 1. The molecule has 7 N–H and O–H groups in total. The van der Waals surface area contributed by atoms with E-state index in [1.54, 1.807) is 19.1 Å². The fourth-order valence-electron chi connectivity index (χ4n) is 7.51. The van der Waals surface area contributed by atoms with Crippen LogP contribution in [0.25, 0.3) is 22.3 Å². The smallest absolute Gasteiger partial charge is 0.327 e. The molecule has 23 nitrogen and oxygen atoms in total. The molecule has 3 amide bonds. The number of carbonyl (C=O) groups is 3. The van der Waals surface area contributed by atoms with Gasteiger partial charge in [-0.2, -0.15) is 0 Å². The Morgan fingerprint density at radius 1 is 0.870 bits per heavy atom. The van der Waals surface area contributed by atoms with Gasteiger partial charge in [0.05, 0.1) is 31.8 Å². The third-order valence-corrected chi connectivity index (χ3v) is 13.1. The van der Waals surface area contributed by atoms with Crippen molar-refractivity contribution in [2.75, 3.05) is 35.9 Å². The van der Waals surface area contributed by atoms with Crippen molar-refractivity contribution in [1.82, 2.24) is 49.7 Å². The van der Waals surface area contributed by atoms with Crippen molar-refractivity contribution in [2.24, 2.45) is 5.92 Å². The lowest BCUT2D eigenvalue weighted by molar-refractivity contribution is -0.131. The molecule has 2 aliphatic heterocycles. The lowest BCUT2D eigenvalue weighted by Crippen LogP contribution is -2.53. The van der Waals surface area contributed by atoms with Crippen LogP contribution in [-0.4, -0.2) is 132 Å². The van der Waals surface area contributed by atoms with E-state index < -0.39 is 96.7 Å². The highest BCUT2D eigenvalue weighted by atomic mass is 32.2.